The summed E-state index contributed by atoms with van der Waals surface area (Å²) in [6, 6.07) is 0. The molecule has 174 valence electrons. The molecule has 4 saturated carbocycles. The van der Waals surface area contributed by atoms with Crippen molar-refractivity contribution < 1.29 is 10.2 Å². The minimum absolute atomic E-state index is 0.144. The Bertz CT molecular complexity index is 614. The maximum Gasteiger partial charge on any atom is 0.0668 e. The van der Waals surface area contributed by atoms with Crippen LogP contribution in [-0.4, -0.2) is 26.7 Å². The quantitative estimate of drug-likeness (QED) is 0.415. The fourth-order valence-electron chi connectivity index (χ4n) is 9.30. The number of hydrogen-bond donors (Lipinski definition) is 2. The van der Waals surface area contributed by atoms with Crippen LogP contribution >= 0.6 is 15.9 Å². The van der Waals surface area contributed by atoms with Crippen LogP contribution in [0.15, 0.2) is 0 Å². The largest absolute Gasteiger partial charge is 0.392 e. The number of aliphatic hydroxyl groups is 2. The molecule has 0 aromatic heterocycles. The second-order valence-electron chi connectivity index (χ2n) is 13.0. The standard InChI is InChI=1S/C27H47BrO2/c1-17(7-6-14-25(2,3)30)19-10-11-20-18-8-9-22-24(28)23(29)13-16-27(22,5)21(18)12-15-26(19,20)4/h17-24,29-30H,6-16H2,1-5H3/t17-,18+,19-,20+,21+,22+,23+,24?,26-,27-/m1/s1. The summed E-state index contributed by atoms with van der Waals surface area (Å²) < 4.78 is 0. The number of halogens is 1. The van der Waals surface area contributed by atoms with Crippen molar-refractivity contribution in [3.63, 3.8) is 0 Å². The predicted octanol–water partition coefficient (Wildman–Crippen LogP) is 6.96. The molecule has 0 spiro atoms. The Morgan fingerprint density at radius 1 is 0.933 bits per heavy atom. The number of alkyl halides is 1. The minimum atomic E-state index is -0.519. The van der Waals surface area contributed by atoms with Crippen LogP contribution in [0.5, 0.6) is 0 Å². The SMILES string of the molecule is C[C@H](CCCC(C)(C)O)[C@H]1CC[C@H]2[C@@H]3CC[C@H]4C(Br)[C@@H](O)CC[C@]4(C)[C@H]3CC[C@]12C. The highest BCUT2D eigenvalue weighted by Gasteiger charge is 2.61. The van der Waals surface area contributed by atoms with Gasteiger partial charge >= 0.3 is 0 Å². The summed E-state index contributed by atoms with van der Waals surface area (Å²) in [6.07, 6.45) is 13.8. The summed E-state index contributed by atoms with van der Waals surface area (Å²) in [5, 5.41) is 20.6. The summed E-state index contributed by atoms with van der Waals surface area (Å²) in [5.74, 6) is 5.00. The van der Waals surface area contributed by atoms with Gasteiger partial charge in [-0.15, -0.1) is 0 Å². The van der Waals surface area contributed by atoms with Gasteiger partial charge in [-0.05, 0) is 118 Å². The molecule has 10 atom stereocenters. The van der Waals surface area contributed by atoms with Gasteiger partial charge in [-0.3, -0.25) is 0 Å². The number of fused-ring (bicyclic) bond motifs is 5. The molecule has 2 nitrogen and oxygen atoms in total. The highest BCUT2D eigenvalue weighted by Crippen LogP contribution is 2.68. The highest BCUT2D eigenvalue weighted by molar-refractivity contribution is 9.09. The zero-order valence-electron chi connectivity index (χ0n) is 20.2. The van der Waals surface area contributed by atoms with Gasteiger partial charge in [-0.1, -0.05) is 49.5 Å². The first kappa shape index (κ1) is 23.6. The minimum Gasteiger partial charge on any atom is -0.392 e. The van der Waals surface area contributed by atoms with Crippen molar-refractivity contribution in [2.24, 2.45) is 46.3 Å². The Balaban J connectivity index is 1.46. The summed E-state index contributed by atoms with van der Waals surface area (Å²) in [4.78, 5) is 0.303. The van der Waals surface area contributed by atoms with E-state index in [9.17, 15) is 10.2 Å². The van der Waals surface area contributed by atoms with Crippen molar-refractivity contribution in [3.8, 4) is 0 Å². The molecule has 0 bridgehead atoms. The van der Waals surface area contributed by atoms with Crippen LogP contribution in [0.1, 0.15) is 105 Å². The van der Waals surface area contributed by atoms with E-state index < -0.39 is 5.60 Å². The van der Waals surface area contributed by atoms with E-state index in [0.29, 0.717) is 21.6 Å². The van der Waals surface area contributed by atoms with Gasteiger partial charge in [-0.2, -0.15) is 0 Å². The van der Waals surface area contributed by atoms with E-state index in [0.717, 1.165) is 48.9 Å². The molecule has 1 unspecified atom stereocenters. The van der Waals surface area contributed by atoms with Crippen LogP contribution in [0, 0.1) is 46.3 Å². The zero-order valence-corrected chi connectivity index (χ0v) is 21.8. The average molecular weight is 484 g/mol. The molecule has 0 aliphatic heterocycles. The maximum atomic E-state index is 10.5. The van der Waals surface area contributed by atoms with Crippen molar-refractivity contribution in [2.45, 2.75) is 122 Å². The second kappa shape index (κ2) is 8.32. The Morgan fingerprint density at radius 3 is 2.27 bits per heavy atom. The van der Waals surface area contributed by atoms with Crippen molar-refractivity contribution in [2.75, 3.05) is 0 Å². The number of rotatable bonds is 5. The second-order valence-corrected chi connectivity index (χ2v) is 14.1. The third kappa shape index (κ3) is 3.96. The van der Waals surface area contributed by atoms with E-state index >= 15 is 0 Å². The molecule has 4 rings (SSSR count). The first-order chi connectivity index (χ1) is 14.0. The van der Waals surface area contributed by atoms with Gasteiger partial charge in [0.15, 0.2) is 0 Å². The Kier molecular flexibility index (Phi) is 6.53. The van der Waals surface area contributed by atoms with E-state index in [4.69, 9.17) is 0 Å². The molecule has 4 fully saturated rings. The van der Waals surface area contributed by atoms with E-state index in [2.05, 4.69) is 36.7 Å². The molecule has 0 aromatic carbocycles. The Morgan fingerprint density at radius 2 is 1.57 bits per heavy atom. The first-order valence-electron chi connectivity index (χ1n) is 13.0. The van der Waals surface area contributed by atoms with Crippen LogP contribution in [-0.2, 0) is 0 Å². The fourth-order valence-corrected chi connectivity index (χ4v) is 10.4. The molecule has 2 N–H and O–H groups in total. The molecular weight excluding hydrogens is 436 g/mol. The summed E-state index contributed by atoms with van der Waals surface area (Å²) in [6.45, 7) is 11.6. The molecule has 3 heteroatoms. The number of aliphatic hydroxyl groups excluding tert-OH is 1. The van der Waals surface area contributed by atoms with Gasteiger partial charge in [-0.25, -0.2) is 0 Å². The summed E-state index contributed by atoms with van der Waals surface area (Å²) in [7, 11) is 0. The average Bonchev–Trinajstić information content (AvgIpc) is 3.01. The van der Waals surface area contributed by atoms with Crippen LogP contribution in [0.2, 0.25) is 0 Å². The summed E-state index contributed by atoms with van der Waals surface area (Å²) in [5.41, 5.74) is 0.434. The van der Waals surface area contributed by atoms with Crippen LogP contribution in [0.3, 0.4) is 0 Å². The lowest BCUT2D eigenvalue weighted by molar-refractivity contribution is -0.125. The van der Waals surface area contributed by atoms with Gasteiger partial charge < -0.3 is 10.2 Å². The molecule has 0 aromatic rings. The van der Waals surface area contributed by atoms with E-state index in [1.54, 1.807) is 0 Å². The Hall–Kier alpha value is 0.400. The topological polar surface area (TPSA) is 40.5 Å². The Labute approximate surface area is 194 Å². The van der Waals surface area contributed by atoms with Crippen LogP contribution in [0.25, 0.3) is 0 Å². The lowest BCUT2D eigenvalue weighted by Gasteiger charge is -2.62. The highest BCUT2D eigenvalue weighted by atomic mass is 79.9. The van der Waals surface area contributed by atoms with Crippen LogP contribution < -0.4 is 0 Å². The van der Waals surface area contributed by atoms with Gasteiger partial charge in [0.25, 0.3) is 0 Å². The summed E-state index contributed by atoms with van der Waals surface area (Å²) >= 11 is 3.91. The molecule has 0 saturated heterocycles. The van der Waals surface area contributed by atoms with Crippen molar-refractivity contribution in [1.82, 2.24) is 0 Å². The lowest BCUT2D eigenvalue weighted by atomic mass is 9.44. The normalized spacial score (nSPS) is 49.8. The van der Waals surface area contributed by atoms with E-state index in [1.807, 2.05) is 13.8 Å². The van der Waals surface area contributed by atoms with Crippen LogP contribution in [0.4, 0.5) is 0 Å². The van der Waals surface area contributed by atoms with Gasteiger partial charge in [0.1, 0.15) is 0 Å². The molecule has 4 aliphatic carbocycles. The molecule has 0 amide bonds. The maximum absolute atomic E-state index is 10.5. The third-order valence-corrected chi connectivity index (χ3v) is 12.1. The lowest BCUT2D eigenvalue weighted by Crippen LogP contribution is -2.57. The van der Waals surface area contributed by atoms with Crippen molar-refractivity contribution in [1.29, 1.82) is 0 Å². The smallest absolute Gasteiger partial charge is 0.0668 e. The molecule has 0 radical (unpaired) electrons. The monoisotopic (exact) mass is 482 g/mol. The number of hydrogen-bond acceptors (Lipinski definition) is 2. The van der Waals surface area contributed by atoms with Crippen molar-refractivity contribution >= 4 is 15.9 Å². The van der Waals surface area contributed by atoms with Gasteiger partial charge in [0, 0.05) is 4.83 Å². The van der Waals surface area contributed by atoms with Gasteiger partial charge in [0.2, 0.25) is 0 Å². The molecule has 30 heavy (non-hydrogen) atoms. The molecule has 0 heterocycles. The zero-order chi connectivity index (χ0) is 21.9. The fraction of sp³-hybridized carbons (Fsp3) is 1.00. The predicted molar refractivity (Wildman–Crippen MR) is 129 cm³/mol. The first-order valence-corrected chi connectivity index (χ1v) is 13.9. The van der Waals surface area contributed by atoms with E-state index in [1.165, 1.54) is 51.4 Å². The molecular formula is C27H47BrO2. The molecule has 4 aliphatic rings. The third-order valence-electron chi connectivity index (χ3n) is 10.9. The van der Waals surface area contributed by atoms with E-state index in [-0.39, 0.29) is 6.10 Å². The van der Waals surface area contributed by atoms with Crippen molar-refractivity contribution in [3.05, 3.63) is 0 Å². The van der Waals surface area contributed by atoms with Gasteiger partial charge in [0.05, 0.1) is 11.7 Å².